The molecule has 0 atom stereocenters. The zero-order chi connectivity index (χ0) is 32.3. The number of ether oxygens (including phenoxy) is 8. The molecule has 0 saturated heterocycles. The predicted molar refractivity (Wildman–Crippen MR) is 177 cm³/mol. The Morgan fingerprint density at radius 1 is 0.422 bits per heavy atom. The first-order valence-electron chi connectivity index (χ1n) is 16.0. The lowest BCUT2D eigenvalue weighted by Gasteiger charge is -2.43. The van der Waals surface area contributed by atoms with Crippen molar-refractivity contribution in [1.29, 1.82) is 0 Å². The molecule has 0 fully saturated rings. The smallest absolute Gasteiger partial charge is 0.261 e. The van der Waals surface area contributed by atoms with Crippen molar-refractivity contribution >= 4 is 18.7 Å². The maximum absolute atomic E-state index is 8.60. The second kappa shape index (κ2) is 25.4. The Labute approximate surface area is 271 Å². The molecular formula is C34H56O10Si. The van der Waals surface area contributed by atoms with Crippen molar-refractivity contribution in [3.8, 4) is 0 Å². The zero-order valence-electron chi connectivity index (χ0n) is 27.6. The Kier molecular flexibility index (Phi) is 22.2. The maximum Gasteiger partial charge on any atom is 0.261 e. The van der Waals surface area contributed by atoms with E-state index in [1.54, 1.807) is 0 Å². The normalized spacial score (nSPS) is 12.2. The Hall–Kier alpha value is -1.74. The van der Waals surface area contributed by atoms with Crippen LogP contribution in [0.1, 0.15) is 20.8 Å². The molecule has 0 bridgehead atoms. The molecule has 45 heavy (non-hydrogen) atoms. The van der Waals surface area contributed by atoms with Gasteiger partial charge in [-0.1, -0.05) is 81.4 Å². The minimum atomic E-state index is -2.53. The van der Waals surface area contributed by atoms with Crippen LogP contribution < -0.4 is 10.4 Å². The number of aliphatic hydroxyl groups excluding tert-OH is 1. The van der Waals surface area contributed by atoms with E-state index in [1.807, 2.05) is 0 Å². The molecule has 0 heterocycles. The standard InChI is InChI=1S/C34H56O10Si/c1-34(2,3)45(32-10-6-4-7-11-32,33-12-8-5-9-13-33)44-31-30-43-29-28-42-27-26-41-25-24-40-23-22-39-21-20-38-19-18-37-17-16-36-15-14-35/h4-13,35H,14-31H2,1-3H3. The number of hydrogen-bond donors (Lipinski definition) is 1. The van der Waals surface area contributed by atoms with Gasteiger partial charge in [0.2, 0.25) is 0 Å². The van der Waals surface area contributed by atoms with Gasteiger partial charge in [0.15, 0.2) is 0 Å². The van der Waals surface area contributed by atoms with Crippen molar-refractivity contribution in [3.63, 3.8) is 0 Å². The van der Waals surface area contributed by atoms with E-state index in [0.717, 1.165) is 0 Å². The van der Waals surface area contributed by atoms with Crippen molar-refractivity contribution in [3.05, 3.63) is 60.7 Å². The summed E-state index contributed by atoms with van der Waals surface area (Å²) in [5.41, 5.74) is 0. The third kappa shape index (κ3) is 16.6. The molecule has 0 aliphatic heterocycles. The first-order chi connectivity index (χ1) is 22.0. The van der Waals surface area contributed by atoms with Gasteiger partial charge in [0.25, 0.3) is 8.32 Å². The highest BCUT2D eigenvalue weighted by molar-refractivity contribution is 6.99. The fraction of sp³-hybridized carbons (Fsp3) is 0.647. The van der Waals surface area contributed by atoms with Crippen molar-refractivity contribution < 1.29 is 47.4 Å². The van der Waals surface area contributed by atoms with E-state index in [1.165, 1.54) is 10.4 Å². The minimum Gasteiger partial charge on any atom is -0.405 e. The molecule has 2 aromatic rings. The van der Waals surface area contributed by atoms with Crippen LogP contribution in [0.3, 0.4) is 0 Å². The molecule has 0 spiro atoms. The summed E-state index contributed by atoms with van der Waals surface area (Å²) >= 11 is 0. The lowest BCUT2D eigenvalue weighted by molar-refractivity contribution is -0.0243. The summed E-state index contributed by atoms with van der Waals surface area (Å²) in [4.78, 5) is 0. The van der Waals surface area contributed by atoms with E-state index in [9.17, 15) is 0 Å². The summed E-state index contributed by atoms with van der Waals surface area (Å²) in [7, 11) is -2.53. The van der Waals surface area contributed by atoms with Crippen LogP contribution in [0.2, 0.25) is 5.04 Å². The van der Waals surface area contributed by atoms with E-state index in [-0.39, 0.29) is 11.6 Å². The summed E-state index contributed by atoms with van der Waals surface area (Å²) in [5.74, 6) is 0. The highest BCUT2D eigenvalue weighted by atomic mass is 28.4. The third-order valence-electron chi connectivity index (χ3n) is 6.80. The number of benzene rings is 2. The quantitative estimate of drug-likeness (QED) is 0.104. The Balaban J connectivity index is 1.42. The van der Waals surface area contributed by atoms with Gasteiger partial charge in [-0.05, 0) is 15.4 Å². The second-order valence-corrected chi connectivity index (χ2v) is 15.4. The van der Waals surface area contributed by atoms with Crippen LogP contribution in [0.15, 0.2) is 60.7 Å². The van der Waals surface area contributed by atoms with E-state index in [2.05, 4.69) is 81.4 Å². The lowest BCUT2D eigenvalue weighted by Crippen LogP contribution is -2.66. The molecule has 0 aromatic heterocycles. The highest BCUT2D eigenvalue weighted by Crippen LogP contribution is 2.36. The first-order valence-corrected chi connectivity index (χ1v) is 17.9. The first kappa shape index (κ1) is 39.4. The van der Waals surface area contributed by atoms with Crippen molar-refractivity contribution in [2.75, 3.05) is 119 Å². The third-order valence-corrected chi connectivity index (χ3v) is 11.8. The molecule has 1 N–H and O–H groups in total. The number of hydrogen-bond acceptors (Lipinski definition) is 10. The highest BCUT2D eigenvalue weighted by Gasteiger charge is 2.49. The van der Waals surface area contributed by atoms with Gasteiger partial charge in [-0.25, -0.2) is 0 Å². The van der Waals surface area contributed by atoms with Crippen LogP contribution >= 0.6 is 0 Å². The largest absolute Gasteiger partial charge is 0.405 e. The van der Waals surface area contributed by atoms with E-state index < -0.39 is 8.32 Å². The lowest BCUT2D eigenvalue weighted by atomic mass is 10.2. The van der Waals surface area contributed by atoms with Gasteiger partial charge >= 0.3 is 0 Å². The average molecular weight is 653 g/mol. The fourth-order valence-corrected chi connectivity index (χ4v) is 9.27. The summed E-state index contributed by atoms with van der Waals surface area (Å²) in [6.45, 7) is 15.3. The Bertz CT molecular complexity index is 890. The molecule has 11 heteroatoms. The van der Waals surface area contributed by atoms with Crippen molar-refractivity contribution in [2.24, 2.45) is 0 Å². The monoisotopic (exact) mass is 652 g/mol. The molecule has 2 aromatic carbocycles. The van der Waals surface area contributed by atoms with Crippen molar-refractivity contribution in [2.45, 2.75) is 25.8 Å². The summed E-state index contributed by atoms with van der Waals surface area (Å²) < 4.78 is 50.7. The fourth-order valence-electron chi connectivity index (χ4n) is 4.72. The Morgan fingerprint density at radius 2 is 0.689 bits per heavy atom. The second-order valence-electron chi connectivity index (χ2n) is 11.1. The molecule has 0 radical (unpaired) electrons. The molecule has 0 unspecified atom stereocenters. The van der Waals surface area contributed by atoms with Gasteiger partial charge in [0.1, 0.15) is 0 Å². The van der Waals surface area contributed by atoms with Gasteiger partial charge in [0.05, 0.1) is 119 Å². The van der Waals surface area contributed by atoms with Gasteiger partial charge in [-0.3, -0.25) is 0 Å². The van der Waals surface area contributed by atoms with Gasteiger partial charge in [-0.2, -0.15) is 0 Å². The zero-order valence-corrected chi connectivity index (χ0v) is 28.6. The van der Waals surface area contributed by atoms with Gasteiger partial charge in [-0.15, -0.1) is 0 Å². The SMILES string of the molecule is CC(C)(C)[Si](OCCOCCOCCOCCOCCOCCOCCOCCOCCO)(c1ccccc1)c1ccccc1. The van der Waals surface area contributed by atoms with Crippen molar-refractivity contribution in [1.82, 2.24) is 0 Å². The molecule has 0 saturated carbocycles. The summed E-state index contributed by atoms with van der Waals surface area (Å²) in [6, 6.07) is 21.3. The molecule has 0 aliphatic rings. The van der Waals surface area contributed by atoms with E-state index in [0.29, 0.717) is 112 Å². The maximum atomic E-state index is 8.60. The van der Waals surface area contributed by atoms with Crippen LogP contribution in [0, 0.1) is 0 Å². The molecule has 10 nitrogen and oxygen atoms in total. The predicted octanol–water partition coefficient (Wildman–Crippen LogP) is 2.69. The molecular weight excluding hydrogens is 596 g/mol. The molecule has 2 rings (SSSR count). The van der Waals surface area contributed by atoms with Gasteiger partial charge in [0, 0.05) is 0 Å². The average Bonchev–Trinajstić information content (AvgIpc) is 3.05. The Morgan fingerprint density at radius 3 is 0.956 bits per heavy atom. The van der Waals surface area contributed by atoms with Crippen LogP contribution in [-0.4, -0.2) is 132 Å². The van der Waals surface area contributed by atoms with Crippen LogP contribution in [0.5, 0.6) is 0 Å². The molecule has 0 aliphatic carbocycles. The minimum absolute atomic E-state index is 0.0268. The topological polar surface area (TPSA) is 103 Å². The van der Waals surface area contributed by atoms with Crippen LogP contribution in [0.25, 0.3) is 0 Å². The molecule has 256 valence electrons. The number of rotatable bonds is 29. The van der Waals surface area contributed by atoms with Gasteiger partial charge < -0.3 is 47.4 Å². The van der Waals surface area contributed by atoms with E-state index in [4.69, 9.17) is 47.4 Å². The summed E-state index contributed by atoms with van der Waals surface area (Å²) in [5, 5.41) is 11.1. The van der Waals surface area contributed by atoms with Crippen LogP contribution in [-0.2, 0) is 42.3 Å². The summed E-state index contributed by atoms with van der Waals surface area (Å²) in [6.07, 6.45) is 0. The molecule has 0 amide bonds. The van der Waals surface area contributed by atoms with E-state index >= 15 is 0 Å². The number of aliphatic hydroxyl groups is 1. The van der Waals surface area contributed by atoms with Crippen LogP contribution in [0.4, 0.5) is 0 Å².